The Morgan fingerprint density at radius 2 is 2.17 bits per heavy atom. The lowest BCUT2D eigenvalue weighted by Gasteiger charge is -2.13. The van der Waals surface area contributed by atoms with E-state index in [1.165, 1.54) is 17.7 Å². The average molecular weight is 338 g/mol. The van der Waals surface area contributed by atoms with Crippen molar-refractivity contribution in [3.63, 3.8) is 0 Å². The highest BCUT2D eigenvalue weighted by molar-refractivity contribution is 7.18. The number of carbonyl (C=O) groups is 3. The van der Waals surface area contributed by atoms with Crippen LogP contribution in [0.25, 0.3) is 10.2 Å². The van der Waals surface area contributed by atoms with Gasteiger partial charge in [0, 0.05) is 4.88 Å². The molecule has 0 saturated carbocycles. The molecular weight excluding hydrogens is 324 g/mol. The van der Waals surface area contributed by atoms with Gasteiger partial charge in [0.25, 0.3) is 5.56 Å². The third-order valence-electron chi connectivity index (χ3n) is 2.99. The summed E-state index contributed by atoms with van der Waals surface area (Å²) in [7, 11) is 0. The van der Waals surface area contributed by atoms with Gasteiger partial charge in [-0.15, -0.1) is 11.3 Å². The van der Waals surface area contributed by atoms with E-state index in [0.29, 0.717) is 10.2 Å². The van der Waals surface area contributed by atoms with Crippen LogP contribution in [0.15, 0.2) is 17.2 Å². The molecule has 9 nitrogen and oxygen atoms in total. The van der Waals surface area contributed by atoms with Crippen molar-refractivity contribution in [1.29, 1.82) is 0 Å². The molecule has 0 saturated heterocycles. The highest BCUT2D eigenvalue weighted by atomic mass is 32.1. The van der Waals surface area contributed by atoms with Crippen LogP contribution < -0.4 is 16.6 Å². The fraction of sp³-hybridized carbons (Fsp3) is 0.308. The fourth-order valence-electron chi connectivity index (χ4n) is 1.99. The van der Waals surface area contributed by atoms with E-state index >= 15 is 0 Å². The number of nitrogens with two attached hydrogens (primary N) is 1. The fourth-order valence-corrected chi connectivity index (χ4v) is 2.83. The molecule has 2 aromatic rings. The Morgan fingerprint density at radius 1 is 1.48 bits per heavy atom. The molecule has 2 heterocycles. The largest absolute Gasteiger partial charge is 0.480 e. The summed E-state index contributed by atoms with van der Waals surface area (Å²) < 4.78 is 1.08. The minimum absolute atomic E-state index is 0.392. The van der Waals surface area contributed by atoms with Crippen molar-refractivity contribution in [2.45, 2.75) is 25.9 Å². The summed E-state index contributed by atoms with van der Waals surface area (Å²) in [6, 6.07) is 0.243. The monoisotopic (exact) mass is 338 g/mol. The number of nitrogens with zero attached hydrogens (tertiary/aromatic N) is 2. The lowest BCUT2D eigenvalue weighted by Crippen LogP contribution is -2.45. The maximum atomic E-state index is 12.2. The van der Waals surface area contributed by atoms with Crippen LogP contribution in [0, 0.1) is 6.92 Å². The highest BCUT2D eigenvalue weighted by Gasteiger charge is 2.22. The van der Waals surface area contributed by atoms with Gasteiger partial charge in [0.1, 0.15) is 17.4 Å². The zero-order valence-electron chi connectivity index (χ0n) is 12.1. The first-order valence-electron chi connectivity index (χ1n) is 6.54. The van der Waals surface area contributed by atoms with Crippen LogP contribution in [0.5, 0.6) is 0 Å². The summed E-state index contributed by atoms with van der Waals surface area (Å²) in [6.45, 7) is 1.43. The van der Waals surface area contributed by atoms with Gasteiger partial charge in [0.2, 0.25) is 11.8 Å². The number of carboxylic acids is 1. The summed E-state index contributed by atoms with van der Waals surface area (Å²) in [4.78, 5) is 51.5. The van der Waals surface area contributed by atoms with Gasteiger partial charge in [-0.2, -0.15) is 0 Å². The predicted octanol–water partition coefficient (Wildman–Crippen LogP) is -0.789. The van der Waals surface area contributed by atoms with Gasteiger partial charge >= 0.3 is 5.97 Å². The molecule has 1 unspecified atom stereocenters. The molecule has 0 aliphatic carbocycles. The van der Waals surface area contributed by atoms with Crippen LogP contribution in [-0.2, 0) is 20.9 Å². The molecule has 0 bridgehead atoms. The third-order valence-corrected chi connectivity index (χ3v) is 3.95. The van der Waals surface area contributed by atoms with E-state index in [4.69, 9.17) is 10.8 Å². The van der Waals surface area contributed by atoms with Crippen molar-refractivity contribution >= 4 is 39.3 Å². The lowest BCUT2D eigenvalue weighted by molar-refractivity contribution is -0.143. The second kappa shape index (κ2) is 6.57. The van der Waals surface area contributed by atoms with E-state index in [1.54, 1.807) is 6.07 Å². The first-order valence-corrected chi connectivity index (χ1v) is 7.35. The molecule has 0 radical (unpaired) electrons. The number of carboxylic acid groups (broad SMARTS) is 1. The lowest BCUT2D eigenvalue weighted by atomic mass is 10.2. The predicted molar refractivity (Wildman–Crippen MR) is 82.0 cm³/mol. The van der Waals surface area contributed by atoms with Gasteiger partial charge in [-0.25, -0.2) is 9.78 Å². The second-order valence-corrected chi connectivity index (χ2v) is 6.12. The Hall–Kier alpha value is -2.75. The van der Waals surface area contributed by atoms with Crippen molar-refractivity contribution in [2.75, 3.05) is 0 Å². The number of aliphatic carboxylic acids is 1. The Kier molecular flexibility index (Phi) is 4.74. The number of primary amides is 1. The molecule has 2 amide bonds. The van der Waals surface area contributed by atoms with Gasteiger partial charge in [-0.3, -0.25) is 19.0 Å². The van der Waals surface area contributed by atoms with Gasteiger partial charge in [-0.1, -0.05) is 0 Å². The number of rotatable bonds is 6. The molecule has 0 aromatic carbocycles. The molecule has 10 heteroatoms. The van der Waals surface area contributed by atoms with Crippen LogP contribution in [0.3, 0.4) is 0 Å². The number of fused-ring (bicyclic) bond motifs is 1. The van der Waals surface area contributed by atoms with E-state index in [2.05, 4.69) is 10.3 Å². The normalized spacial score (nSPS) is 12.0. The van der Waals surface area contributed by atoms with Crippen molar-refractivity contribution < 1.29 is 19.5 Å². The van der Waals surface area contributed by atoms with E-state index < -0.39 is 42.4 Å². The highest BCUT2D eigenvalue weighted by Crippen LogP contribution is 2.19. The summed E-state index contributed by atoms with van der Waals surface area (Å²) in [6.07, 6.45) is 0.695. The number of carbonyl (C=O) groups excluding carboxylic acids is 2. The number of hydrogen-bond acceptors (Lipinski definition) is 6. The van der Waals surface area contributed by atoms with Crippen molar-refractivity contribution in [2.24, 2.45) is 5.73 Å². The molecule has 0 spiro atoms. The molecule has 1 atom stereocenters. The van der Waals surface area contributed by atoms with Gasteiger partial charge in [-0.05, 0) is 13.0 Å². The standard InChI is InChI=1S/C13H14N4O5S/c1-6-2-7-11(23-6)15-5-17(12(7)20)4-10(19)16-8(13(21)22)3-9(14)18/h2,5,8H,3-4H2,1H3,(H2,14,18)(H,16,19)(H,21,22). The zero-order chi connectivity index (χ0) is 17.1. The van der Waals surface area contributed by atoms with Gasteiger partial charge in [0.05, 0.1) is 18.1 Å². The molecule has 0 aliphatic heterocycles. The average Bonchev–Trinajstić information content (AvgIpc) is 2.82. The Balaban J connectivity index is 2.16. The maximum Gasteiger partial charge on any atom is 0.326 e. The molecule has 2 rings (SSSR count). The molecule has 122 valence electrons. The van der Waals surface area contributed by atoms with Crippen LogP contribution >= 0.6 is 11.3 Å². The number of amides is 2. The second-order valence-electron chi connectivity index (χ2n) is 4.88. The van der Waals surface area contributed by atoms with Crippen molar-refractivity contribution in [3.8, 4) is 0 Å². The third kappa shape index (κ3) is 3.92. The first-order chi connectivity index (χ1) is 10.8. The summed E-state index contributed by atoms with van der Waals surface area (Å²) in [5, 5.41) is 11.5. The minimum atomic E-state index is -1.43. The van der Waals surface area contributed by atoms with Crippen LogP contribution in [0.2, 0.25) is 0 Å². The van der Waals surface area contributed by atoms with E-state index in [1.807, 2.05) is 6.92 Å². The van der Waals surface area contributed by atoms with Crippen molar-refractivity contribution in [3.05, 3.63) is 27.6 Å². The van der Waals surface area contributed by atoms with E-state index in [9.17, 15) is 19.2 Å². The van der Waals surface area contributed by atoms with E-state index in [-0.39, 0.29) is 0 Å². The SMILES string of the molecule is Cc1cc2c(=O)n(CC(=O)NC(CC(N)=O)C(=O)O)cnc2s1. The van der Waals surface area contributed by atoms with Crippen LogP contribution in [-0.4, -0.2) is 38.5 Å². The molecule has 4 N–H and O–H groups in total. The minimum Gasteiger partial charge on any atom is -0.480 e. The Bertz CT molecular complexity index is 840. The quantitative estimate of drug-likeness (QED) is 0.629. The molecule has 23 heavy (non-hydrogen) atoms. The number of nitrogens with one attached hydrogen (secondary N) is 1. The first kappa shape index (κ1) is 16.6. The smallest absolute Gasteiger partial charge is 0.326 e. The van der Waals surface area contributed by atoms with E-state index in [0.717, 1.165) is 9.44 Å². The zero-order valence-corrected chi connectivity index (χ0v) is 12.9. The molecule has 0 fully saturated rings. The number of thiophene rings is 1. The summed E-state index contributed by atoms with van der Waals surface area (Å²) in [5.74, 6) is -2.97. The van der Waals surface area contributed by atoms with Crippen LogP contribution in [0.4, 0.5) is 0 Å². The molecular formula is C13H14N4O5S. The number of hydrogen-bond donors (Lipinski definition) is 3. The number of aromatic nitrogens is 2. The van der Waals surface area contributed by atoms with Crippen LogP contribution in [0.1, 0.15) is 11.3 Å². The maximum absolute atomic E-state index is 12.2. The Labute approximate surface area is 133 Å². The molecule has 0 aliphatic rings. The van der Waals surface area contributed by atoms with Gasteiger partial charge in [0.15, 0.2) is 0 Å². The van der Waals surface area contributed by atoms with Gasteiger partial charge < -0.3 is 16.2 Å². The topological polar surface area (TPSA) is 144 Å². The summed E-state index contributed by atoms with van der Waals surface area (Å²) in [5.41, 5.74) is 4.54. The molecule has 2 aromatic heterocycles. The Morgan fingerprint density at radius 3 is 2.78 bits per heavy atom. The number of aryl methyl sites for hydroxylation is 1. The summed E-state index contributed by atoms with van der Waals surface area (Å²) >= 11 is 1.36. The van der Waals surface area contributed by atoms with Crippen molar-refractivity contribution in [1.82, 2.24) is 14.9 Å².